The molecule has 0 spiro atoms. The Labute approximate surface area is 113 Å². The van der Waals surface area contributed by atoms with E-state index in [9.17, 15) is 0 Å². The first kappa shape index (κ1) is 15.5. The van der Waals surface area contributed by atoms with Gasteiger partial charge in [-0.05, 0) is 38.5 Å². The molecule has 1 aliphatic rings. The molecule has 1 heteroatoms. The zero-order chi connectivity index (χ0) is 13.1. The number of hydrogen-bond donors (Lipinski definition) is 0. The van der Waals surface area contributed by atoms with Crippen LogP contribution in [-0.4, -0.2) is 12.2 Å². The van der Waals surface area contributed by atoms with Gasteiger partial charge in [0.2, 0.25) is 0 Å². The van der Waals surface area contributed by atoms with Crippen molar-refractivity contribution in [2.75, 3.05) is 0 Å². The number of hydrogen-bond acceptors (Lipinski definition) is 1. The summed E-state index contributed by atoms with van der Waals surface area (Å²) in [7, 11) is 0. The Bertz CT molecular complexity index is 222. The molecule has 1 saturated heterocycles. The monoisotopic (exact) mass is 250 g/mol. The van der Waals surface area contributed by atoms with Crippen molar-refractivity contribution in [1.82, 2.24) is 0 Å². The van der Waals surface area contributed by atoms with Crippen molar-refractivity contribution in [3.63, 3.8) is 0 Å². The van der Waals surface area contributed by atoms with Crippen molar-refractivity contribution < 1.29 is 4.74 Å². The standard InChI is InChI=1S/C17H30O/c1-3-5-7-9-11-13-15-17-16(18-17)14-12-10-8-6-4-2/h3-4,16-17H,1-2,5-15H2. The minimum Gasteiger partial charge on any atom is -0.370 e. The van der Waals surface area contributed by atoms with E-state index in [-0.39, 0.29) is 0 Å². The third-order valence-corrected chi connectivity index (χ3v) is 3.73. The number of epoxide rings is 1. The Morgan fingerprint density at radius 2 is 1.11 bits per heavy atom. The quantitative estimate of drug-likeness (QED) is 0.242. The average Bonchev–Trinajstić information content (AvgIpc) is 3.12. The van der Waals surface area contributed by atoms with Crippen molar-refractivity contribution in [3.8, 4) is 0 Å². The zero-order valence-corrected chi connectivity index (χ0v) is 11.9. The van der Waals surface area contributed by atoms with Crippen LogP contribution in [0.4, 0.5) is 0 Å². The molecule has 0 saturated carbocycles. The average molecular weight is 250 g/mol. The molecular formula is C17H30O. The molecule has 2 unspecified atom stereocenters. The molecule has 0 bridgehead atoms. The SMILES string of the molecule is C=CCCCCCCC1OC1CCCCCC=C. The first-order chi connectivity index (χ1) is 8.88. The fourth-order valence-electron chi connectivity index (χ4n) is 2.49. The minimum atomic E-state index is 0.599. The summed E-state index contributed by atoms with van der Waals surface area (Å²) in [4.78, 5) is 0. The van der Waals surface area contributed by atoms with E-state index in [4.69, 9.17) is 4.74 Å². The Hall–Kier alpha value is -0.560. The van der Waals surface area contributed by atoms with Gasteiger partial charge < -0.3 is 4.74 Å². The molecule has 1 nitrogen and oxygen atoms in total. The van der Waals surface area contributed by atoms with Crippen molar-refractivity contribution in [2.45, 2.75) is 82.8 Å². The fourth-order valence-corrected chi connectivity index (χ4v) is 2.49. The highest BCUT2D eigenvalue weighted by Gasteiger charge is 2.36. The Morgan fingerprint density at radius 1 is 0.667 bits per heavy atom. The smallest absolute Gasteiger partial charge is 0.0841 e. The second-order valence-electron chi connectivity index (χ2n) is 5.42. The van der Waals surface area contributed by atoms with Gasteiger partial charge in [-0.15, -0.1) is 13.2 Å². The summed E-state index contributed by atoms with van der Waals surface area (Å²) < 4.78 is 5.71. The Kier molecular flexibility index (Phi) is 8.93. The molecular weight excluding hydrogens is 220 g/mol. The molecule has 0 aromatic rings. The highest BCUT2D eigenvalue weighted by Crippen LogP contribution is 2.31. The molecule has 18 heavy (non-hydrogen) atoms. The largest absolute Gasteiger partial charge is 0.370 e. The molecule has 1 heterocycles. The van der Waals surface area contributed by atoms with E-state index in [1.54, 1.807) is 0 Å². The van der Waals surface area contributed by atoms with Gasteiger partial charge in [0.15, 0.2) is 0 Å². The van der Waals surface area contributed by atoms with Crippen molar-refractivity contribution in [2.24, 2.45) is 0 Å². The van der Waals surface area contributed by atoms with Crippen LogP contribution in [0.5, 0.6) is 0 Å². The maximum Gasteiger partial charge on any atom is 0.0841 e. The molecule has 0 amide bonds. The normalized spacial score (nSPS) is 21.8. The Morgan fingerprint density at radius 3 is 1.61 bits per heavy atom. The third-order valence-electron chi connectivity index (χ3n) is 3.73. The van der Waals surface area contributed by atoms with Crippen molar-refractivity contribution in [1.29, 1.82) is 0 Å². The van der Waals surface area contributed by atoms with Gasteiger partial charge in [0.25, 0.3) is 0 Å². The van der Waals surface area contributed by atoms with E-state index in [2.05, 4.69) is 13.2 Å². The van der Waals surface area contributed by atoms with Crippen LogP contribution in [0.1, 0.15) is 70.6 Å². The Balaban J connectivity index is 1.79. The summed E-state index contributed by atoms with van der Waals surface area (Å²) in [5.41, 5.74) is 0. The lowest BCUT2D eigenvalue weighted by atomic mass is 10.0. The molecule has 1 fully saturated rings. The second-order valence-corrected chi connectivity index (χ2v) is 5.42. The predicted molar refractivity (Wildman–Crippen MR) is 79.8 cm³/mol. The van der Waals surface area contributed by atoms with Gasteiger partial charge in [0.1, 0.15) is 0 Å². The van der Waals surface area contributed by atoms with Gasteiger partial charge in [-0.3, -0.25) is 0 Å². The van der Waals surface area contributed by atoms with Gasteiger partial charge in [0, 0.05) is 0 Å². The van der Waals surface area contributed by atoms with Gasteiger partial charge >= 0.3 is 0 Å². The van der Waals surface area contributed by atoms with Crippen LogP contribution in [0.15, 0.2) is 25.3 Å². The maximum absolute atomic E-state index is 5.71. The van der Waals surface area contributed by atoms with E-state index in [0.29, 0.717) is 12.2 Å². The van der Waals surface area contributed by atoms with E-state index in [1.807, 2.05) is 12.2 Å². The molecule has 104 valence electrons. The topological polar surface area (TPSA) is 12.5 Å². The number of rotatable bonds is 13. The van der Waals surface area contributed by atoms with Gasteiger partial charge in [-0.1, -0.05) is 44.3 Å². The zero-order valence-electron chi connectivity index (χ0n) is 11.9. The fraction of sp³-hybridized carbons (Fsp3) is 0.765. The lowest BCUT2D eigenvalue weighted by Crippen LogP contribution is -1.94. The predicted octanol–water partition coefficient (Wildman–Crippen LogP) is 5.42. The number of unbranched alkanes of at least 4 members (excludes halogenated alkanes) is 7. The van der Waals surface area contributed by atoms with Crippen LogP contribution < -0.4 is 0 Å². The first-order valence-corrected chi connectivity index (χ1v) is 7.75. The summed E-state index contributed by atoms with van der Waals surface area (Å²) in [6, 6.07) is 0. The summed E-state index contributed by atoms with van der Waals surface area (Å²) in [6.07, 6.45) is 19.5. The van der Waals surface area contributed by atoms with Crippen LogP contribution in [0.3, 0.4) is 0 Å². The maximum atomic E-state index is 5.71. The number of ether oxygens (including phenoxy) is 1. The second kappa shape index (κ2) is 10.4. The van der Waals surface area contributed by atoms with Crippen LogP contribution >= 0.6 is 0 Å². The highest BCUT2D eigenvalue weighted by molar-refractivity contribution is 4.84. The molecule has 0 radical (unpaired) electrons. The summed E-state index contributed by atoms with van der Waals surface area (Å²) in [6.45, 7) is 7.50. The highest BCUT2D eigenvalue weighted by atomic mass is 16.6. The van der Waals surface area contributed by atoms with Gasteiger partial charge in [-0.25, -0.2) is 0 Å². The molecule has 0 N–H and O–H groups in total. The van der Waals surface area contributed by atoms with E-state index >= 15 is 0 Å². The van der Waals surface area contributed by atoms with Gasteiger partial charge in [0.05, 0.1) is 12.2 Å². The first-order valence-electron chi connectivity index (χ1n) is 7.75. The lowest BCUT2D eigenvalue weighted by Gasteiger charge is -1.98. The minimum absolute atomic E-state index is 0.599. The number of allylic oxidation sites excluding steroid dienone is 2. The van der Waals surface area contributed by atoms with Crippen molar-refractivity contribution >= 4 is 0 Å². The van der Waals surface area contributed by atoms with E-state index in [1.165, 1.54) is 70.6 Å². The molecule has 0 aromatic heterocycles. The molecule has 0 aliphatic carbocycles. The van der Waals surface area contributed by atoms with Crippen LogP contribution in [-0.2, 0) is 4.74 Å². The van der Waals surface area contributed by atoms with E-state index in [0.717, 1.165) is 0 Å². The van der Waals surface area contributed by atoms with Gasteiger partial charge in [-0.2, -0.15) is 0 Å². The van der Waals surface area contributed by atoms with Crippen molar-refractivity contribution in [3.05, 3.63) is 25.3 Å². The molecule has 2 atom stereocenters. The summed E-state index contributed by atoms with van der Waals surface area (Å²) in [5, 5.41) is 0. The lowest BCUT2D eigenvalue weighted by molar-refractivity contribution is 0.348. The summed E-state index contributed by atoms with van der Waals surface area (Å²) >= 11 is 0. The third kappa shape index (κ3) is 7.71. The van der Waals surface area contributed by atoms with Crippen LogP contribution in [0.25, 0.3) is 0 Å². The van der Waals surface area contributed by atoms with Crippen LogP contribution in [0.2, 0.25) is 0 Å². The molecule has 0 aromatic carbocycles. The van der Waals surface area contributed by atoms with E-state index < -0.39 is 0 Å². The van der Waals surface area contributed by atoms with Crippen LogP contribution in [0, 0.1) is 0 Å². The summed E-state index contributed by atoms with van der Waals surface area (Å²) in [5.74, 6) is 0. The molecule has 1 rings (SSSR count). The molecule has 1 aliphatic heterocycles.